The molecule has 1 aliphatic rings. The Balaban J connectivity index is 2.42. The zero-order chi connectivity index (χ0) is 19.7. The van der Waals surface area contributed by atoms with E-state index in [1.54, 1.807) is 0 Å². The summed E-state index contributed by atoms with van der Waals surface area (Å²) in [4.78, 5) is 40.0. The molecule has 1 rings (SSSR count). The molecule has 3 atom stereocenters. The predicted molar refractivity (Wildman–Crippen MR) is 77.2 cm³/mol. The van der Waals surface area contributed by atoms with Crippen LogP contribution in [0.15, 0.2) is 11.5 Å². The van der Waals surface area contributed by atoms with Gasteiger partial charge in [0.25, 0.3) is 10.2 Å². The van der Waals surface area contributed by atoms with E-state index in [1.807, 2.05) is 0 Å². The van der Waals surface area contributed by atoms with E-state index in [9.17, 15) is 35.2 Å². The number of hydrogen-bond donors (Lipinski definition) is 3. The van der Waals surface area contributed by atoms with Gasteiger partial charge in [0, 0.05) is 0 Å². The lowest BCUT2D eigenvalue weighted by Gasteiger charge is -2.18. The van der Waals surface area contributed by atoms with Crippen LogP contribution in [0.4, 0.5) is 0 Å². The molecule has 26 heavy (non-hydrogen) atoms. The number of ether oxygens (including phenoxy) is 2. The molecule has 14 heteroatoms. The number of carbonyl (C=O) groups excluding carboxylic acids is 1. The lowest BCUT2D eigenvalue weighted by Crippen LogP contribution is -2.32. The van der Waals surface area contributed by atoms with Crippen LogP contribution < -0.4 is 0 Å². The van der Waals surface area contributed by atoms with Crippen LogP contribution in [0, 0.1) is 20.2 Å². The summed E-state index contributed by atoms with van der Waals surface area (Å²) in [5, 5.41) is 46.2. The third kappa shape index (κ3) is 6.56. The summed E-state index contributed by atoms with van der Waals surface area (Å²) in [5.41, 5.74) is 0. The van der Waals surface area contributed by atoms with E-state index in [2.05, 4.69) is 14.4 Å². The molecule has 0 radical (unpaired) electrons. The van der Waals surface area contributed by atoms with Gasteiger partial charge in [-0.2, -0.15) is 0 Å². The van der Waals surface area contributed by atoms with Gasteiger partial charge < -0.3 is 34.5 Å². The highest BCUT2D eigenvalue weighted by Gasteiger charge is 2.40. The monoisotopic (exact) mass is 382 g/mol. The van der Waals surface area contributed by atoms with Crippen molar-refractivity contribution < 1.29 is 49.4 Å². The second-order valence-corrected chi connectivity index (χ2v) is 5.10. The highest BCUT2D eigenvalue weighted by Crippen LogP contribution is 2.25. The minimum Gasteiger partial charge on any atom is -0.499 e. The molecule has 0 bridgehead atoms. The maximum atomic E-state index is 11.3. The molecule has 3 unspecified atom stereocenters. The van der Waals surface area contributed by atoms with Gasteiger partial charge in [-0.1, -0.05) is 0 Å². The largest absolute Gasteiger partial charge is 0.499 e. The van der Waals surface area contributed by atoms with Crippen LogP contribution in [0.3, 0.4) is 0 Å². The first-order chi connectivity index (χ1) is 12.3. The number of cyclic esters (lactones) is 1. The van der Waals surface area contributed by atoms with Crippen molar-refractivity contribution in [2.75, 3.05) is 19.8 Å². The Morgan fingerprint density at radius 3 is 2.50 bits per heavy atom. The smallest absolute Gasteiger partial charge is 0.378 e. The summed E-state index contributed by atoms with van der Waals surface area (Å²) < 4.78 is 9.84. The lowest BCUT2D eigenvalue weighted by atomic mass is 10.1. The average molecular weight is 382 g/mol. The Labute approximate surface area is 145 Å². The minimum absolute atomic E-state index is 0.0430. The van der Waals surface area contributed by atoms with Crippen molar-refractivity contribution in [2.45, 2.75) is 37.6 Å². The van der Waals surface area contributed by atoms with Gasteiger partial charge in [0.05, 0.1) is 13.2 Å². The third-order valence-corrected chi connectivity index (χ3v) is 3.23. The van der Waals surface area contributed by atoms with Crippen LogP contribution in [0.1, 0.15) is 19.3 Å². The number of esters is 1. The van der Waals surface area contributed by atoms with E-state index in [0.29, 0.717) is 0 Å². The molecular formula is C12H18N2O12. The molecule has 0 amide bonds. The van der Waals surface area contributed by atoms with Gasteiger partial charge >= 0.3 is 5.97 Å². The van der Waals surface area contributed by atoms with E-state index in [1.165, 1.54) is 0 Å². The molecular weight excluding hydrogens is 364 g/mol. The van der Waals surface area contributed by atoms with Crippen LogP contribution in [-0.2, 0) is 23.9 Å². The lowest BCUT2D eigenvalue weighted by molar-refractivity contribution is -0.790. The van der Waals surface area contributed by atoms with Crippen molar-refractivity contribution >= 4 is 5.97 Å². The Morgan fingerprint density at radius 1 is 1.23 bits per heavy atom. The standard InChI is InChI=1S/C12H18N2O12/c15-5-8(16)10-11(9(17)12(18)25-10)23-4-2-1-3-7(26-14(21)22)6-24-13(19)20/h7-8,10,15-17H,1-6H2. The topological polar surface area (TPSA) is 201 Å². The Hall–Kier alpha value is -2.87. The molecule has 1 aliphatic heterocycles. The van der Waals surface area contributed by atoms with E-state index in [-0.39, 0.29) is 31.6 Å². The number of nitrogens with zero attached hydrogens (tertiary/aromatic N) is 2. The Kier molecular flexibility index (Phi) is 8.30. The van der Waals surface area contributed by atoms with Crippen molar-refractivity contribution in [3.63, 3.8) is 0 Å². The van der Waals surface area contributed by atoms with E-state index >= 15 is 0 Å². The summed E-state index contributed by atoms with van der Waals surface area (Å²) >= 11 is 0. The predicted octanol–water partition coefficient (Wildman–Crippen LogP) is -0.993. The summed E-state index contributed by atoms with van der Waals surface area (Å²) in [6, 6.07) is 0. The first kappa shape index (κ1) is 21.2. The quantitative estimate of drug-likeness (QED) is 0.152. The van der Waals surface area contributed by atoms with Gasteiger partial charge in [0.1, 0.15) is 18.8 Å². The molecule has 0 saturated carbocycles. The van der Waals surface area contributed by atoms with Gasteiger partial charge in [-0.05, 0) is 19.3 Å². The Bertz CT molecular complexity index is 550. The van der Waals surface area contributed by atoms with E-state index in [0.717, 1.165) is 0 Å². The molecule has 3 N–H and O–H groups in total. The number of carbonyl (C=O) groups is 1. The first-order valence-electron chi connectivity index (χ1n) is 7.40. The molecule has 0 aromatic heterocycles. The van der Waals surface area contributed by atoms with Gasteiger partial charge in [-0.25, -0.2) is 4.79 Å². The van der Waals surface area contributed by atoms with Crippen molar-refractivity contribution in [1.29, 1.82) is 0 Å². The van der Waals surface area contributed by atoms with Crippen LogP contribution in [0.5, 0.6) is 0 Å². The molecule has 0 fully saturated rings. The van der Waals surface area contributed by atoms with Crippen LogP contribution in [-0.4, -0.2) is 69.6 Å². The fourth-order valence-electron chi connectivity index (χ4n) is 2.05. The number of rotatable bonds is 13. The summed E-state index contributed by atoms with van der Waals surface area (Å²) in [5.74, 6) is -2.25. The number of unbranched alkanes of at least 4 members (excludes halogenated alkanes) is 1. The molecule has 148 valence electrons. The van der Waals surface area contributed by atoms with Crippen molar-refractivity contribution in [3.05, 3.63) is 31.7 Å². The van der Waals surface area contributed by atoms with E-state index in [4.69, 9.17) is 9.84 Å². The maximum absolute atomic E-state index is 11.3. The second-order valence-electron chi connectivity index (χ2n) is 5.10. The fraction of sp³-hybridized carbons (Fsp3) is 0.750. The molecule has 0 aliphatic carbocycles. The molecule has 0 spiro atoms. The number of aliphatic hydroxyl groups is 3. The summed E-state index contributed by atoms with van der Waals surface area (Å²) in [6.07, 6.45) is -3.38. The normalized spacial score (nSPS) is 18.8. The van der Waals surface area contributed by atoms with Gasteiger partial charge in [0.2, 0.25) is 5.76 Å². The van der Waals surface area contributed by atoms with Crippen molar-refractivity contribution in [2.24, 2.45) is 0 Å². The van der Waals surface area contributed by atoms with Crippen molar-refractivity contribution in [1.82, 2.24) is 0 Å². The second kappa shape index (κ2) is 10.2. The SMILES string of the molecule is O=C1OC(C(O)CO)C(OCCCCC(CO[N+](=O)[O-])O[N+](=O)[O-])=C1O. The molecule has 0 aromatic carbocycles. The fourth-order valence-corrected chi connectivity index (χ4v) is 2.05. The molecule has 1 heterocycles. The van der Waals surface area contributed by atoms with Gasteiger partial charge in [-0.3, -0.25) is 0 Å². The van der Waals surface area contributed by atoms with Gasteiger partial charge in [-0.15, -0.1) is 20.2 Å². The highest BCUT2D eigenvalue weighted by molar-refractivity contribution is 5.89. The molecule has 0 saturated heterocycles. The molecule has 0 aromatic rings. The highest BCUT2D eigenvalue weighted by atomic mass is 17.0. The molecule has 14 nitrogen and oxygen atoms in total. The maximum Gasteiger partial charge on any atom is 0.378 e. The van der Waals surface area contributed by atoms with Crippen LogP contribution in [0.2, 0.25) is 0 Å². The van der Waals surface area contributed by atoms with E-state index < -0.39 is 53.4 Å². The number of hydrogen-bond acceptors (Lipinski definition) is 12. The minimum atomic E-state index is -1.48. The van der Waals surface area contributed by atoms with Crippen LogP contribution in [0.25, 0.3) is 0 Å². The average Bonchev–Trinajstić information content (AvgIpc) is 2.86. The summed E-state index contributed by atoms with van der Waals surface area (Å²) in [7, 11) is 0. The Morgan fingerprint density at radius 2 is 1.92 bits per heavy atom. The summed E-state index contributed by atoms with van der Waals surface area (Å²) in [6.45, 7) is -1.41. The zero-order valence-electron chi connectivity index (χ0n) is 13.4. The van der Waals surface area contributed by atoms with Gasteiger partial charge in [0.15, 0.2) is 11.9 Å². The third-order valence-electron chi connectivity index (χ3n) is 3.23. The first-order valence-corrected chi connectivity index (χ1v) is 7.40. The van der Waals surface area contributed by atoms with Crippen molar-refractivity contribution in [3.8, 4) is 0 Å². The number of aliphatic hydroxyl groups excluding tert-OH is 3. The zero-order valence-corrected chi connectivity index (χ0v) is 13.4. The van der Waals surface area contributed by atoms with Crippen LogP contribution >= 0.6 is 0 Å².